The van der Waals surface area contributed by atoms with Gasteiger partial charge in [0, 0.05) is 15.9 Å². The minimum Gasteiger partial charge on any atom is -0.326 e. The number of hydrogen-bond acceptors (Lipinski definition) is 2. The van der Waals surface area contributed by atoms with E-state index in [1.807, 2.05) is 0 Å². The van der Waals surface area contributed by atoms with Gasteiger partial charge in [-0.15, -0.1) is 0 Å². The molecule has 1 aromatic rings. The Labute approximate surface area is 98.6 Å². The first kappa shape index (κ1) is 11.3. The highest BCUT2D eigenvalue weighted by molar-refractivity contribution is 14.1. The van der Waals surface area contributed by atoms with Crippen molar-refractivity contribution in [1.82, 2.24) is 0 Å². The van der Waals surface area contributed by atoms with Gasteiger partial charge in [-0.25, -0.2) is 0 Å². The van der Waals surface area contributed by atoms with E-state index < -0.39 is 0 Å². The van der Waals surface area contributed by atoms with E-state index in [4.69, 9.17) is 5.73 Å². The molecule has 0 saturated carbocycles. The molecule has 2 N–H and O–H groups in total. The van der Waals surface area contributed by atoms with Gasteiger partial charge in [0.05, 0.1) is 0 Å². The minimum absolute atomic E-state index is 0.614. The number of hydrogen-bond donors (Lipinski definition) is 2. The van der Waals surface area contributed by atoms with Crippen LogP contribution in [0, 0.1) is 17.4 Å². The third-order valence-corrected chi connectivity index (χ3v) is 3.86. The topological polar surface area (TPSA) is 26.0 Å². The van der Waals surface area contributed by atoms with E-state index in [0.717, 1.165) is 5.75 Å². The zero-order valence-electron chi connectivity index (χ0n) is 7.89. The third kappa shape index (κ3) is 2.19. The second-order valence-electron chi connectivity index (χ2n) is 3.11. The van der Waals surface area contributed by atoms with E-state index >= 15 is 0 Å². The molecule has 1 aromatic carbocycles. The third-order valence-electron chi connectivity index (χ3n) is 2.42. The summed E-state index contributed by atoms with van der Waals surface area (Å²) >= 11 is 6.69. The molecule has 0 heterocycles. The standard InChI is InChI=1S/C10H14INS/c1-6-8(4-12)3-10(11)7(2)9(6)5-13/h3,13H,4-5,12H2,1-2H3. The molecule has 72 valence electrons. The Morgan fingerprint density at radius 2 is 2.00 bits per heavy atom. The molecular formula is C10H14INS. The molecule has 0 saturated heterocycles. The molecule has 1 nitrogen and oxygen atoms in total. The van der Waals surface area contributed by atoms with Crippen LogP contribution in [0.2, 0.25) is 0 Å². The Morgan fingerprint density at radius 1 is 1.38 bits per heavy atom. The molecule has 1 rings (SSSR count). The van der Waals surface area contributed by atoms with Gasteiger partial charge in [-0.05, 0) is 64.8 Å². The summed E-state index contributed by atoms with van der Waals surface area (Å²) in [6, 6.07) is 2.16. The van der Waals surface area contributed by atoms with Crippen LogP contribution in [0.1, 0.15) is 22.3 Å². The lowest BCUT2D eigenvalue weighted by atomic mass is 9.99. The highest BCUT2D eigenvalue weighted by Gasteiger charge is 2.08. The van der Waals surface area contributed by atoms with Crippen LogP contribution in [0.3, 0.4) is 0 Å². The van der Waals surface area contributed by atoms with Crippen LogP contribution in [-0.4, -0.2) is 0 Å². The molecule has 0 radical (unpaired) electrons. The van der Waals surface area contributed by atoms with Crippen molar-refractivity contribution in [3.8, 4) is 0 Å². The van der Waals surface area contributed by atoms with Crippen molar-refractivity contribution in [1.29, 1.82) is 0 Å². The molecule has 0 aliphatic heterocycles. The Bertz CT molecular complexity index is 323. The van der Waals surface area contributed by atoms with Crippen LogP contribution < -0.4 is 5.73 Å². The summed E-state index contributed by atoms with van der Waals surface area (Å²) in [6.45, 7) is 4.88. The van der Waals surface area contributed by atoms with Gasteiger partial charge >= 0.3 is 0 Å². The van der Waals surface area contributed by atoms with Gasteiger partial charge in [-0.2, -0.15) is 12.6 Å². The Balaban J connectivity index is 3.39. The van der Waals surface area contributed by atoms with Crippen molar-refractivity contribution in [2.75, 3.05) is 0 Å². The first-order chi connectivity index (χ1) is 6.11. The van der Waals surface area contributed by atoms with Crippen molar-refractivity contribution in [2.24, 2.45) is 5.73 Å². The summed E-state index contributed by atoms with van der Waals surface area (Å²) in [5, 5.41) is 0. The highest BCUT2D eigenvalue weighted by Crippen LogP contribution is 2.24. The van der Waals surface area contributed by atoms with E-state index in [1.54, 1.807) is 0 Å². The highest BCUT2D eigenvalue weighted by atomic mass is 127. The summed E-state index contributed by atoms with van der Waals surface area (Å²) in [5.74, 6) is 0.793. The molecular weight excluding hydrogens is 293 g/mol. The van der Waals surface area contributed by atoms with Crippen LogP contribution in [0.4, 0.5) is 0 Å². The van der Waals surface area contributed by atoms with E-state index in [9.17, 15) is 0 Å². The second kappa shape index (κ2) is 4.66. The molecule has 3 heteroatoms. The summed E-state index contributed by atoms with van der Waals surface area (Å²) in [4.78, 5) is 0. The molecule has 0 aliphatic rings. The summed E-state index contributed by atoms with van der Waals surface area (Å²) in [7, 11) is 0. The van der Waals surface area contributed by atoms with Crippen LogP contribution in [0.25, 0.3) is 0 Å². The van der Waals surface area contributed by atoms with Crippen LogP contribution >= 0.6 is 35.2 Å². The van der Waals surface area contributed by atoms with Crippen LogP contribution in [0.5, 0.6) is 0 Å². The summed E-state index contributed by atoms with van der Waals surface area (Å²) in [5.41, 5.74) is 10.9. The monoisotopic (exact) mass is 307 g/mol. The van der Waals surface area contributed by atoms with E-state index in [-0.39, 0.29) is 0 Å². The van der Waals surface area contributed by atoms with Gasteiger partial charge in [0.25, 0.3) is 0 Å². The fraction of sp³-hybridized carbons (Fsp3) is 0.400. The zero-order chi connectivity index (χ0) is 10.0. The van der Waals surface area contributed by atoms with Crippen molar-refractivity contribution in [2.45, 2.75) is 26.1 Å². The van der Waals surface area contributed by atoms with Gasteiger partial charge in [-0.1, -0.05) is 0 Å². The number of rotatable bonds is 2. The summed E-state index contributed by atoms with van der Waals surface area (Å²) in [6.07, 6.45) is 0. The maximum atomic E-state index is 5.66. The number of nitrogens with two attached hydrogens (primary N) is 1. The Kier molecular flexibility index (Phi) is 4.06. The molecule has 0 unspecified atom stereocenters. The second-order valence-corrected chi connectivity index (χ2v) is 4.59. The average molecular weight is 307 g/mol. The van der Waals surface area contributed by atoms with Crippen molar-refractivity contribution in [3.05, 3.63) is 31.9 Å². The van der Waals surface area contributed by atoms with Gasteiger partial charge in [0.2, 0.25) is 0 Å². The normalized spacial score (nSPS) is 10.5. The smallest absolute Gasteiger partial charge is 0.0181 e. The minimum atomic E-state index is 0.614. The van der Waals surface area contributed by atoms with Crippen molar-refractivity contribution < 1.29 is 0 Å². The lowest BCUT2D eigenvalue weighted by molar-refractivity contribution is 1.03. The first-order valence-electron chi connectivity index (χ1n) is 4.20. The van der Waals surface area contributed by atoms with Gasteiger partial charge in [0.15, 0.2) is 0 Å². The van der Waals surface area contributed by atoms with E-state index in [1.165, 1.54) is 25.8 Å². The molecule has 13 heavy (non-hydrogen) atoms. The molecule has 0 spiro atoms. The Hall–Kier alpha value is 0.260. The lowest BCUT2D eigenvalue weighted by Crippen LogP contribution is -2.04. The molecule has 0 fully saturated rings. The summed E-state index contributed by atoms with van der Waals surface area (Å²) < 4.78 is 1.28. The van der Waals surface area contributed by atoms with Gasteiger partial charge in [0.1, 0.15) is 0 Å². The van der Waals surface area contributed by atoms with Crippen LogP contribution in [0.15, 0.2) is 6.07 Å². The van der Waals surface area contributed by atoms with Gasteiger partial charge < -0.3 is 5.73 Å². The predicted molar refractivity (Wildman–Crippen MR) is 69.2 cm³/mol. The lowest BCUT2D eigenvalue weighted by Gasteiger charge is -2.13. The fourth-order valence-electron chi connectivity index (χ4n) is 1.44. The largest absolute Gasteiger partial charge is 0.326 e. The average Bonchev–Trinajstić information content (AvgIpc) is 2.12. The molecule has 0 aliphatic carbocycles. The predicted octanol–water partition coefficient (Wildman–Crippen LogP) is 2.80. The van der Waals surface area contributed by atoms with Crippen molar-refractivity contribution in [3.63, 3.8) is 0 Å². The molecule has 0 aromatic heterocycles. The first-order valence-corrected chi connectivity index (χ1v) is 5.91. The molecule has 0 bridgehead atoms. The molecule has 0 amide bonds. The number of halogens is 1. The maximum absolute atomic E-state index is 5.66. The van der Waals surface area contributed by atoms with Crippen LogP contribution in [-0.2, 0) is 12.3 Å². The zero-order valence-corrected chi connectivity index (χ0v) is 10.9. The van der Waals surface area contributed by atoms with Crippen molar-refractivity contribution >= 4 is 35.2 Å². The SMILES string of the molecule is Cc1c(I)cc(CN)c(C)c1CS. The number of benzene rings is 1. The van der Waals surface area contributed by atoms with Gasteiger partial charge in [-0.3, -0.25) is 0 Å². The number of thiol groups is 1. The molecule has 0 atom stereocenters. The maximum Gasteiger partial charge on any atom is 0.0181 e. The van der Waals surface area contributed by atoms with E-state index in [0.29, 0.717) is 6.54 Å². The quantitative estimate of drug-likeness (QED) is 0.638. The van der Waals surface area contributed by atoms with E-state index in [2.05, 4.69) is 55.1 Å². The Morgan fingerprint density at radius 3 is 2.46 bits per heavy atom. The fourth-order valence-corrected chi connectivity index (χ4v) is 2.61.